The van der Waals surface area contributed by atoms with Crippen molar-refractivity contribution in [3.05, 3.63) is 35.9 Å². The van der Waals surface area contributed by atoms with Crippen molar-refractivity contribution in [2.24, 2.45) is 17.3 Å². The Balaban J connectivity index is 2.96. The smallest absolute Gasteiger partial charge is 0.312 e. The summed E-state index contributed by atoms with van der Waals surface area (Å²) in [6.45, 7) is 9.09. The Labute approximate surface area is 241 Å². The predicted octanol–water partition coefficient (Wildman–Crippen LogP) is 4.98. The van der Waals surface area contributed by atoms with E-state index >= 15 is 0 Å². The number of carbonyl (C=O) groups excluding carboxylic acids is 2. The lowest BCUT2D eigenvalue weighted by atomic mass is 9.72. The molecule has 0 aromatic heterocycles. The molecule has 1 aromatic rings. The molecule has 9 nitrogen and oxygen atoms in total. The zero-order valence-electron chi connectivity index (χ0n) is 25.1. The number of rotatable bonds is 19. The third kappa shape index (κ3) is 13.7. The highest BCUT2D eigenvalue weighted by atomic mass is 32.2. The van der Waals surface area contributed by atoms with Crippen LogP contribution < -0.4 is 0 Å². The van der Waals surface area contributed by atoms with Gasteiger partial charge < -0.3 is 14.0 Å². The Bertz CT molecular complexity index is 1070. The van der Waals surface area contributed by atoms with Gasteiger partial charge in [-0.15, -0.1) is 0 Å². The van der Waals surface area contributed by atoms with Gasteiger partial charge in [0.1, 0.15) is 13.2 Å². The van der Waals surface area contributed by atoms with Crippen LogP contribution in [0.4, 0.5) is 0 Å². The van der Waals surface area contributed by atoms with Gasteiger partial charge in [-0.05, 0) is 44.1 Å². The number of quaternary nitrogens is 1. The zero-order chi connectivity index (χ0) is 30.4. The van der Waals surface area contributed by atoms with Crippen LogP contribution in [-0.2, 0) is 29.2 Å². The monoisotopic (exact) mass is 581 g/mol. The van der Waals surface area contributed by atoms with Gasteiger partial charge in [0, 0.05) is 12.3 Å². The Hall–Kier alpha value is -2.48. The summed E-state index contributed by atoms with van der Waals surface area (Å²) >= 11 is 0. The second kappa shape index (κ2) is 16.7. The van der Waals surface area contributed by atoms with Gasteiger partial charge in [-0.2, -0.15) is 13.7 Å². The maximum absolute atomic E-state index is 13.6. The maximum atomic E-state index is 13.6. The fourth-order valence-corrected chi connectivity index (χ4v) is 5.37. The summed E-state index contributed by atoms with van der Waals surface area (Å²) in [6.07, 6.45) is 3.01. The van der Waals surface area contributed by atoms with Crippen LogP contribution in [0.2, 0.25) is 0 Å². The Morgan fingerprint density at radius 1 is 1.05 bits per heavy atom. The minimum Gasteiger partial charge on any atom is -0.465 e. The number of hydrogen-bond acceptors (Lipinski definition) is 7. The normalized spacial score (nSPS) is 15.8. The Kier molecular flexibility index (Phi) is 14.8. The quantitative estimate of drug-likeness (QED) is 0.105. The molecule has 0 saturated carbocycles. The molecule has 1 aromatic carbocycles. The van der Waals surface area contributed by atoms with Crippen LogP contribution in [0.25, 0.3) is 0 Å². The van der Waals surface area contributed by atoms with E-state index in [0.29, 0.717) is 37.0 Å². The SMILES string of the molecule is CCCCOC(=O)C(C)CC(C#N)CC(C)(CC(C)c1ccccc1)C(=O)OCC[N+](C)(C)CCCS(=O)(=O)O. The summed E-state index contributed by atoms with van der Waals surface area (Å²) in [5.74, 6) is -2.01. The van der Waals surface area contributed by atoms with Crippen LogP contribution in [0.1, 0.15) is 77.7 Å². The lowest BCUT2D eigenvalue weighted by molar-refractivity contribution is -0.890. The summed E-state index contributed by atoms with van der Waals surface area (Å²) in [7, 11) is -0.212. The van der Waals surface area contributed by atoms with Crippen molar-refractivity contribution in [3.63, 3.8) is 0 Å². The van der Waals surface area contributed by atoms with E-state index in [1.54, 1.807) is 6.92 Å². The predicted molar refractivity (Wildman–Crippen MR) is 155 cm³/mol. The summed E-state index contributed by atoms with van der Waals surface area (Å²) in [5.41, 5.74) is 0.114. The first-order valence-corrected chi connectivity index (χ1v) is 15.8. The molecule has 0 aliphatic carbocycles. The molecule has 0 fully saturated rings. The zero-order valence-corrected chi connectivity index (χ0v) is 25.9. The van der Waals surface area contributed by atoms with E-state index in [0.717, 1.165) is 18.4 Å². The molecule has 1 rings (SSSR count). The molecule has 4 unspecified atom stereocenters. The van der Waals surface area contributed by atoms with Crippen LogP contribution in [0, 0.1) is 28.6 Å². The van der Waals surface area contributed by atoms with Crippen molar-refractivity contribution >= 4 is 22.1 Å². The first-order valence-electron chi connectivity index (χ1n) is 14.2. The topological polar surface area (TPSA) is 131 Å². The molecule has 0 heterocycles. The molecule has 40 heavy (non-hydrogen) atoms. The van der Waals surface area contributed by atoms with Gasteiger partial charge >= 0.3 is 11.9 Å². The molecule has 10 heteroatoms. The molecular formula is C30H49N2O7S+. The number of unbranched alkanes of at least 4 members (excludes halogenated alkanes) is 1. The number of ether oxygens (including phenoxy) is 2. The minimum atomic E-state index is -4.02. The largest absolute Gasteiger partial charge is 0.465 e. The second-order valence-corrected chi connectivity index (χ2v) is 13.5. The molecule has 0 radical (unpaired) electrons. The molecule has 0 aliphatic heterocycles. The average Bonchev–Trinajstić information content (AvgIpc) is 2.87. The summed E-state index contributed by atoms with van der Waals surface area (Å²) in [5, 5.41) is 9.97. The highest BCUT2D eigenvalue weighted by Crippen LogP contribution is 2.39. The fraction of sp³-hybridized carbons (Fsp3) is 0.700. The van der Waals surface area contributed by atoms with E-state index < -0.39 is 33.3 Å². The van der Waals surface area contributed by atoms with Crippen LogP contribution in [0.15, 0.2) is 30.3 Å². The molecule has 0 saturated heterocycles. The van der Waals surface area contributed by atoms with Gasteiger partial charge in [-0.3, -0.25) is 14.1 Å². The van der Waals surface area contributed by atoms with E-state index in [4.69, 9.17) is 14.0 Å². The minimum absolute atomic E-state index is 0.0298. The van der Waals surface area contributed by atoms with E-state index in [-0.39, 0.29) is 37.1 Å². The lowest BCUT2D eigenvalue weighted by Crippen LogP contribution is -2.44. The van der Waals surface area contributed by atoms with E-state index in [1.165, 1.54) is 0 Å². The molecule has 1 N–H and O–H groups in total. The second-order valence-electron chi connectivity index (χ2n) is 11.9. The van der Waals surface area contributed by atoms with Crippen LogP contribution in [-0.4, -0.2) is 75.5 Å². The van der Waals surface area contributed by atoms with Crippen molar-refractivity contribution in [3.8, 4) is 6.07 Å². The molecule has 0 bridgehead atoms. The van der Waals surface area contributed by atoms with Crippen molar-refractivity contribution in [1.82, 2.24) is 0 Å². The number of nitrogens with zero attached hydrogens (tertiary/aromatic N) is 2. The number of likely N-dealkylation sites (N-methyl/N-ethyl adjacent to an activating group) is 1. The van der Waals surface area contributed by atoms with Crippen molar-refractivity contribution in [1.29, 1.82) is 5.26 Å². The summed E-state index contributed by atoms with van der Waals surface area (Å²) in [6, 6.07) is 12.2. The molecule has 4 atom stereocenters. The summed E-state index contributed by atoms with van der Waals surface area (Å²) in [4.78, 5) is 26.0. The van der Waals surface area contributed by atoms with Crippen molar-refractivity contribution in [2.75, 3.05) is 46.2 Å². The van der Waals surface area contributed by atoms with Gasteiger partial charge in [0.05, 0.1) is 50.4 Å². The molecule has 0 amide bonds. The van der Waals surface area contributed by atoms with Crippen molar-refractivity contribution < 1.29 is 36.5 Å². The van der Waals surface area contributed by atoms with Crippen molar-refractivity contribution in [2.45, 2.75) is 72.1 Å². The first-order chi connectivity index (χ1) is 18.6. The molecule has 226 valence electrons. The van der Waals surface area contributed by atoms with Gasteiger partial charge in [0.25, 0.3) is 10.1 Å². The maximum Gasteiger partial charge on any atom is 0.312 e. The highest BCUT2D eigenvalue weighted by molar-refractivity contribution is 7.85. The fourth-order valence-electron chi connectivity index (χ4n) is 4.88. The van der Waals surface area contributed by atoms with Gasteiger partial charge in [-0.1, -0.05) is 57.5 Å². The van der Waals surface area contributed by atoms with E-state index in [9.17, 15) is 23.3 Å². The Morgan fingerprint density at radius 3 is 2.27 bits per heavy atom. The van der Waals surface area contributed by atoms with Gasteiger partial charge in [0.15, 0.2) is 0 Å². The number of hydrogen-bond donors (Lipinski definition) is 1. The van der Waals surface area contributed by atoms with Crippen LogP contribution in [0.3, 0.4) is 0 Å². The van der Waals surface area contributed by atoms with Crippen LogP contribution in [0.5, 0.6) is 0 Å². The molecule has 0 aliphatic rings. The van der Waals surface area contributed by atoms with Gasteiger partial charge in [-0.25, -0.2) is 0 Å². The Morgan fingerprint density at radius 2 is 1.70 bits per heavy atom. The molecule has 0 spiro atoms. The van der Waals surface area contributed by atoms with Gasteiger partial charge in [0.2, 0.25) is 0 Å². The van der Waals surface area contributed by atoms with E-state index in [2.05, 4.69) is 6.07 Å². The third-order valence-electron chi connectivity index (χ3n) is 7.38. The standard InChI is InChI=1S/C30H48N2O7S/c1-7-8-17-38-28(33)24(2)20-26(23-31)22-30(4,21-25(3)27-13-10-9-11-14-27)29(34)39-18-16-32(5,6)15-12-19-40(35,36)37/h9-11,13-14,24-26H,7-8,12,15-22H2,1-6H3/p+1. The first kappa shape index (κ1) is 35.5. The number of carbonyl (C=O) groups is 2. The molecular weight excluding hydrogens is 532 g/mol. The third-order valence-corrected chi connectivity index (χ3v) is 8.18. The van der Waals surface area contributed by atoms with E-state index in [1.807, 2.05) is 65.2 Å². The number of nitriles is 1. The average molecular weight is 582 g/mol. The van der Waals surface area contributed by atoms with Crippen LogP contribution >= 0.6 is 0 Å². The number of esters is 2. The lowest BCUT2D eigenvalue weighted by Gasteiger charge is -2.33. The summed E-state index contributed by atoms with van der Waals surface area (Å²) < 4.78 is 42.6. The number of benzene rings is 1. The highest BCUT2D eigenvalue weighted by Gasteiger charge is 2.40.